The number of aromatic nitrogens is 1. The number of fused-ring (bicyclic) bond motifs is 1. The molecular formula is C12H16N2. The molecule has 0 fully saturated rings. The third-order valence-corrected chi connectivity index (χ3v) is 2.46. The largest absolute Gasteiger partial charge is 0.361 e. The number of rotatable bonds is 2. The molecule has 0 saturated carbocycles. The predicted molar refractivity (Wildman–Crippen MR) is 60.4 cm³/mol. The minimum absolute atomic E-state index is 0.218. The van der Waals surface area contributed by atoms with Crippen LogP contribution in [-0.4, -0.2) is 11.0 Å². The molecule has 0 aliphatic rings. The number of nitrogens with one attached hydrogen (secondary N) is 1. The van der Waals surface area contributed by atoms with Crippen LogP contribution >= 0.6 is 0 Å². The van der Waals surface area contributed by atoms with Crippen LogP contribution in [0.3, 0.4) is 0 Å². The van der Waals surface area contributed by atoms with E-state index in [1.54, 1.807) is 0 Å². The lowest BCUT2D eigenvalue weighted by Crippen LogP contribution is -2.17. The summed E-state index contributed by atoms with van der Waals surface area (Å²) >= 11 is 0. The van der Waals surface area contributed by atoms with Crippen molar-refractivity contribution in [2.45, 2.75) is 26.3 Å². The summed E-state index contributed by atoms with van der Waals surface area (Å²) in [5, 5.41) is 1.30. The van der Waals surface area contributed by atoms with E-state index in [1.807, 2.05) is 6.92 Å². The monoisotopic (exact) mass is 188 g/mol. The third kappa shape index (κ3) is 1.66. The first-order valence-electron chi connectivity index (χ1n) is 4.99. The van der Waals surface area contributed by atoms with Crippen LogP contribution in [0, 0.1) is 6.92 Å². The minimum Gasteiger partial charge on any atom is -0.361 e. The van der Waals surface area contributed by atoms with Crippen molar-refractivity contribution >= 4 is 10.9 Å². The second-order valence-electron chi connectivity index (χ2n) is 4.04. The van der Waals surface area contributed by atoms with Crippen molar-refractivity contribution in [3.63, 3.8) is 0 Å². The Hall–Kier alpha value is -1.28. The highest BCUT2D eigenvalue weighted by molar-refractivity contribution is 5.83. The zero-order valence-corrected chi connectivity index (χ0v) is 8.67. The molecule has 14 heavy (non-hydrogen) atoms. The van der Waals surface area contributed by atoms with Crippen LogP contribution in [0.2, 0.25) is 0 Å². The Morgan fingerprint density at radius 2 is 2.21 bits per heavy atom. The van der Waals surface area contributed by atoms with Crippen molar-refractivity contribution < 1.29 is 0 Å². The van der Waals surface area contributed by atoms with E-state index in [9.17, 15) is 0 Å². The summed E-state index contributed by atoms with van der Waals surface area (Å²) in [7, 11) is 0. The highest BCUT2D eigenvalue weighted by Gasteiger charge is 2.05. The molecule has 74 valence electrons. The molecule has 1 aromatic heterocycles. The lowest BCUT2D eigenvalue weighted by molar-refractivity contribution is 0.741. The maximum Gasteiger partial charge on any atom is 0.0459 e. The Balaban J connectivity index is 2.47. The Morgan fingerprint density at radius 3 is 2.93 bits per heavy atom. The Kier molecular flexibility index (Phi) is 2.30. The first-order chi connectivity index (χ1) is 6.66. The van der Waals surface area contributed by atoms with Crippen molar-refractivity contribution in [2.75, 3.05) is 0 Å². The summed E-state index contributed by atoms with van der Waals surface area (Å²) in [6.07, 6.45) is 3.00. The molecule has 0 aliphatic heterocycles. The Morgan fingerprint density at radius 1 is 1.43 bits per heavy atom. The molecule has 1 heterocycles. The van der Waals surface area contributed by atoms with Gasteiger partial charge in [-0.2, -0.15) is 0 Å². The smallest absolute Gasteiger partial charge is 0.0459 e. The van der Waals surface area contributed by atoms with Gasteiger partial charge in [-0.1, -0.05) is 12.1 Å². The lowest BCUT2D eigenvalue weighted by Gasteiger charge is -2.02. The van der Waals surface area contributed by atoms with Gasteiger partial charge in [0, 0.05) is 23.1 Å². The number of aromatic amines is 1. The van der Waals surface area contributed by atoms with Gasteiger partial charge in [0.2, 0.25) is 0 Å². The number of hydrogen-bond donors (Lipinski definition) is 2. The van der Waals surface area contributed by atoms with E-state index in [1.165, 1.54) is 22.0 Å². The molecule has 0 unspecified atom stereocenters. The predicted octanol–water partition coefficient (Wildman–Crippen LogP) is 2.37. The Bertz CT molecular complexity index is 441. The van der Waals surface area contributed by atoms with Crippen LogP contribution in [0.15, 0.2) is 24.4 Å². The van der Waals surface area contributed by atoms with Crippen LogP contribution in [0.4, 0.5) is 0 Å². The van der Waals surface area contributed by atoms with Gasteiger partial charge in [0.05, 0.1) is 0 Å². The van der Waals surface area contributed by atoms with Gasteiger partial charge in [-0.15, -0.1) is 0 Å². The van der Waals surface area contributed by atoms with Crippen LogP contribution in [0.5, 0.6) is 0 Å². The quantitative estimate of drug-likeness (QED) is 0.746. The molecule has 2 nitrogen and oxygen atoms in total. The van der Waals surface area contributed by atoms with Gasteiger partial charge in [-0.3, -0.25) is 0 Å². The number of H-pyrrole nitrogens is 1. The van der Waals surface area contributed by atoms with E-state index in [2.05, 4.69) is 36.3 Å². The zero-order chi connectivity index (χ0) is 10.1. The van der Waals surface area contributed by atoms with E-state index >= 15 is 0 Å². The van der Waals surface area contributed by atoms with Gasteiger partial charge in [0.25, 0.3) is 0 Å². The molecule has 3 N–H and O–H groups in total. The molecule has 0 aliphatic carbocycles. The van der Waals surface area contributed by atoms with E-state index < -0.39 is 0 Å². The molecule has 1 aromatic carbocycles. The van der Waals surface area contributed by atoms with E-state index in [4.69, 9.17) is 5.73 Å². The second kappa shape index (κ2) is 3.46. The molecule has 0 amide bonds. The normalized spacial score (nSPS) is 13.4. The zero-order valence-electron chi connectivity index (χ0n) is 8.67. The van der Waals surface area contributed by atoms with E-state index in [0.717, 1.165) is 6.42 Å². The summed E-state index contributed by atoms with van der Waals surface area (Å²) in [6, 6.07) is 6.69. The fourth-order valence-electron chi connectivity index (χ4n) is 1.82. The average Bonchev–Trinajstić information content (AvgIpc) is 2.47. The molecule has 1 atom stereocenters. The number of nitrogens with two attached hydrogens (primary N) is 1. The summed E-state index contributed by atoms with van der Waals surface area (Å²) in [5.41, 5.74) is 9.60. The second-order valence-corrected chi connectivity index (χ2v) is 4.04. The minimum atomic E-state index is 0.218. The van der Waals surface area contributed by atoms with Gasteiger partial charge in [0.15, 0.2) is 0 Å². The summed E-state index contributed by atoms with van der Waals surface area (Å²) in [4.78, 5) is 3.28. The Labute approximate surface area is 84.1 Å². The summed E-state index contributed by atoms with van der Waals surface area (Å²) < 4.78 is 0. The molecular weight excluding hydrogens is 172 g/mol. The van der Waals surface area contributed by atoms with Crippen LogP contribution in [0.1, 0.15) is 18.1 Å². The van der Waals surface area contributed by atoms with Gasteiger partial charge in [0.1, 0.15) is 0 Å². The molecule has 0 saturated heterocycles. The van der Waals surface area contributed by atoms with Gasteiger partial charge >= 0.3 is 0 Å². The van der Waals surface area contributed by atoms with Crippen LogP contribution in [0.25, 0.3) is 10.9 Å². The lowest BCUT2D eigenvalue weighted by atomic mass is 10.1. The SMILES string of the molecule is Cc1ccc2c(C[C@H](C)N)c[nH]c2c1. The van der Waals surface area contributed by atoms with Crippen LogP contribution < -0.4 is 5.73 Å². The molecule has 2 aromatic rings. The van der Waals surface area contributed by atoms with Crippen molar-refractivity contribution in [3.05, 3.63) is 35.5 Å². The summed E-state index contributed by atoms with van der Waals surface area (Å²) in [5.74, 6) is 0. The average molecular weight is 188 g/mol. The fourth-order valence-corrected chi connectivity index (χ4v) is 1.82. The molecule has 2 rings (SSSR count). The molecule has 0 radical (unpaired) electrons. The van der Waals surface area contributed by atoms with E-state index in [-0.39, 0.29) is 6.04 Å². The number of aryl methyl sites for hydroxylation is 1. The van der Waals surface area contributed by atoms with Crippen molar-refractivity contribution in [3.8, 4) is 0 Å². The fraction of sp³-hybridized carbons (Fsp3) is 0.333. The first kappa shape index (κ1) is 9.28. The summed E-state index contributed by atoms with van der Waals surface area (Å²) in [6.45, 7) is 4.14. The molecule has 2 heteroatoms. The van der Waals surface area contributed by atoms with Crippen molar-refractivity contribution in [1.82, 2.24) is 4.98 Å². The van der Waals surface area contributed by atoms with Crippen LogP contribution in [-0.2, 0) is 6.42 Å². The topological polar surface area (TPSA) is 41.8 Å². The third-order valence-electron chi connectivity index (χ3n) is 2.46. The van der Waals surface area contributed by atoms with Gasteiger partial charge < -0.3 is 10.7 Å². The van der Waals surface area contributed by atoms with Gasteiger partial charge in [-0.25, -0.2) is 0 Å². The molecule has 0 bridgehead atoms. The van der Waals surface area contributed by atoms with Crippen molar-refractivity contribution in [2.24, 2.45) is 5.73 Å². The van der Waals surface area contributed by atoms with Crippen molar-refractivity contribution in [1.29, 1.82) is 0 Å². The maximum atomic E-state index is 5.79. The molecule has 0 spiro atoms. The maximum absolute atomic E-state index is 5.79. The first-order valence-corrected chi connectivity index (χ1v) is 4.99. The number of hydrogen-bond acceptors (Lipinski definition) is 1. The van der Waals surface area contributed by atoms with Gasteiger partial charge in [-0.05, 0) is 37.5 Å². The highest BCUT2D eigenvalue weighted by atomic mass is 14.7. The highest BCUT2D eigenvalue weighted by Crippen LogP contribution is 2.20. The number of benzene rings is 1. The van der Waals surface area contributed by atoms with E-state index in [0.29, 0.717) is 0 Å². The standard InChI is InChI=1S/C12H16N2/c1-8-3-4-11-10(6-9(2)13)7-14-12(11)5-8/h3-5,7,9,14H,6,13H2,1-2H3/t9-/m0/s1.